The van der Waals surface area contributed by atoms with E-state index in [1.165, 1.54) is 18.6 Å². The predicted molar refractivity (Wildman–Crippen MR) is 48.8 cm³/mol. The Labute approximate surface area is 84.8 Å². The summed E-state index contributed by atoms with van der Waals surface area (Å²) in [5.74, 6) is 1.40. The number of hydrogen-bond donors (Lipinski definition) is 1. The molecule has 1 heterocycles. The number of halogens is 3. The van der Waals surface area contributed by atoms with Gasteiger partial charge in [0, 0.05) is 5.25 Å². The molecule has 86 valence electrons. The Morgan fingerprint density at radius 1 is 1.43 bits per heavy atom. The van der Waals surface area contributed by atoms with Crippen molar-refractivity contribution in [2.75, 3.05) is 5.75 Å². The lowest BCUT2D eigenvalue weighted by molar-refractivity contribution is -0.0510. The second-order valence-corrected chi connectivity index (χ2v) is 5.70. The first-order valence-electron chi connectivity index (χ1n) is 3.80. The molecule has 1 unspecified atom stereocenters. The van der Waals surface area contributed by atoms with Gasteiger partial charge < -0.3 is 0 Å². The molecule has 0 saturated carbocycles. The van der Waals surface area contributed by atoms with Gasteiger partial charge in [0.1, 0.15) is 0 Å². The van der Waals surface area contributed by atoms with Crippen molar-refractivity contribution in [2.45, 2.75) is 30.5 Å². The maximum absolute atomic E-state index is 10.7. The van der Waals surface area contributed by atoms with E-state index < -0.39 is 15.6 Å². The van der Waals surface area contributed by atoms with Crippen LogP contribution in [-0.2, 0) is 10.1 Å². The average molecular weight is 252 g/mol. The SMILES string of the molecule is CC1CCCS1.O=S(=O)(O)C(F)(F)F. The van der Waals surface area contributed by atoms with Gasteiger partial charge in [-0.2, -0.15) is 33.4 Å². The van der Waals surface area contributed by atoms with E-state index in [1.807, 2.05) is 0 Å². The maximum Gasteiger partial charge on any atom is 0.522 e. The standard InChI is InChI=1S/C5H10S.CHF3O3S/c1-5-3-2-4-6-5;2-1(3,4)8(5,6)7/h5H,2-4H2,1H3;(H,5,6,7). The predicted octanol–water partition coefficient (Wildman–Crippen LogP) is 2.30. The molecule has 1 aliphatic heterocycles. The molecule has 14 heavy (non-hydrogen) atoms. The maximum atomic E-state index is 10.7. The molecule has 0 amide bonds. The lowest BCUT2D eigenvalue weighted by atomic mass is 10.3. The molecule has 0 spiro atoms. The van der Waals surface area contributed by atoms with Crippen molar-refractivity contribution in [1.82, 2.24) is 0 Å². The minimum Gasteiger partial charge on any atom is -0.279 e. The van der Waals surface area contributed by atoms with Gasteiger partial charge in [-0.1, -0.05) is 6.92 Å². The molecule has 1 fully saturated rings. The lowest BCUT2D eigenvalue weighted by Gasteiger charge is -1.97. The van der Waals surface area contributed by atoms with Crippen LogP contribution < -0.4 is 0 Å². The molecule has 1 saturated heterocycles. The third-order valence-corrected chi connectivity index (χ3v) is 3.36. The first-order chi connectivity index (χ1) is 6.14. The van der Waals surface area contributed by atoms with E-state index in [2.05, 4.69) is 18.7 Å². The molecular weight excluding hydrogens is 241 g/mol. The summed E-state index contributed by atoms with van der Waals surface area (Å²) in [5, 5.41) is 0.963. The summed E-state index contributed by atoms with van der Waals surface area (Å²) < 4.78 is 57.5. The number of alkyl halides is 3. The third-order valence-electron chi connectivity index (χ3n) is 1.45. The summed E-state index contributed by atoms with van der Waals surface area (Å²) in [6.45, 7) is 2.30. The normalized spacial score (nSPS) is 22.8. The van der Waals surface area contributed by atoms with Gasteiger partial charge in [-0.05, 0) is 18.6 Å². The molecule has 1 atom stereocenters. The summed E-state index contributed by atoms with van der Waals surface area (Å²) in [5.41, 5.74) is -5.53. The molecule has 1 aliphatic rings. The summed E-state index contributed by atoms with van der Waals surface area (Å²) in [6, 6.07) is 0. The molecule has 0 aromatic carbocycles. The zero-order valence-corrected chi connectivity index (χ0v) is 9.05. The highest BCUT2D eigenvalue weighted by Gasteiger charge is 2.44. The van der Waals surface area contributed by atoms with Gasteiger partial charge in [-0.25, -0.2) is 0 Å². The number of thioether (sulfide) groups is 1. The van der Waals surface area contributed by atoms with Crippen molar-refractivity contribution in [1.29, 1.82) is 0 Å². The Morgan fingerprint density at radius 2 is 1.86 bits per heavy atom. The van der Waals surface area contributed by atoms with Crippen LogP contribution in [0, 0.1) is 0 Å². The third kappa shape index (κ3) is 5.71. The van der Waals surface area contributed by atoms with Gasteiger partial charge in [0.25, 0.3) is 0 Å². The summed E-state index contributed by atoms with van der Waals surface area (Å²) in [4.78, 5) is 0. The molecule has 0 aliphatic carbocycles. The van der Waals surface area contributed by atoms with E-state index in [0.29, 0.717) is 0 Å². The monoisotopic (exact) mass is 252 g/mol. The van der Waals surface area contributed by atoms with Crippen LogP contribution in [0.25, 0.3) is 0 Å². The van der Waals surface area contributed by atoms with Crippen molar-refractivity contribution < 1.29 is 26.1 Å². The Bertz CT molecular complexity index is 254. The average Bonchev–Trinajstić information content (AvgIpc) is 2.35. The van der Waals surface area contributed by atoms with E-state index in [-0.39, 0.29) is 0 Å². The molecule has 1 N–H and O–H groups in total. The van der Waals surface area contributed by atoms with Crippen LogP contribution in [-0.4, -0.2) is 29.5 Å². The fourth-order valence-corrected chi connectivity index (χ4v) is 1.81. The Morgan fingerprint density at radius 3 is 1.93 bits per heavy atom. The molecule has 0 bridgehead atoms. The Hall–Kier alpha value is 0.0500. The lowest BCUT2D eigenvalue weighted by Crippen LogP contribution is -2.21. The van der Waals surface area contributed by atoms with Crippen molar-refractivity contribution in [2.24, 2.45) is 0 Å². The van der Waals surface area contributed by atoms with Gasteiger partial charge in [-0.3, -0.25) is 4.55 Å². The highest BCUT2D eigenvalue weighted by Crippen LogP contribution is 2.24. The number of hydrogen-bond acceptors (Lipinski definition) is 3. The zero-order chi connectivity index (χ0) is 11.4. The van der Waals surface area contributed by atoms with E-state index >= 15 is 0 Å². The van der Waals surface area contributed by atoms with Crippen LogP contribution in [0.2, 0.25) is 0 Å². The van der Waals surface area contributed by atoms with Gasteiger partial charge in [0.2, 0.25) is 0 Å². The number of rotatable bonds is 0. The molecule has 0 radical (unpaired) electrons. The Balaban J connectivity index is 0.000000249. The van der Waals surface area contributed by atoms with Crippen LogP contribution >= 0.6 is 11.8 Å². The Kier molecular flexibility index (Phi) is 5.24. The van der Waals surface area contributed by atoms with Gasteiger partial charge in [0.05, 0.1) is 0 Å². The van der Waals surface area contributed by atoms with Crippen LogP contribution in [0.1, 0.15) is 19.8 Å². The molecular formula is C6H11F3O3S2. The minimum absolute atomic E-state index is 0.963. The van der Waals surface area contributed by atoms with Crippen LogP contribution in [0.4, 0.5) is 13.2 Å². The van der Waals surface area contributed by atoms with Crippen molar-refractivity contribution >= 4 is 21.9 Å². The van der Waals surface area contributed by atoms with E-state index in [9.17, 15) is 13.2 Å². The van der Waals surface area contributed by atoms with Gasteiger partial charge >= 0.3 is 15.6 Å². The fraction of sp³-hybridized carbons (Fsp3) is 1.00. The second-order valence-electron chi connectivity index (χ2n) is 2.74. The van der Waals surface area contributed by atoms with Gasteiger partial charge in [-0.15, -0.1) is 0 Å². The topological polar surface area (TPSA) is 54.4 Å². The van der Waals surface area contributed by atoms with E-state index in [1.54, 1.807) is 0 Å². The minimum atomic E-state index is -5.84. The van der Waals surface area contributed by atoms with E-state index in [4.69, 9.17) is 13.0 Å². The highest BCUT2D eigenvalue weighted by molar-refractivity contribution is 8.00. The summed E-state index contributed by atoms with van der Waals surface area (Å²) >= 11 is 2.10. The second kappa shape index (κ2) is 5.22. The van der Waals surface area contributed by atoms with Crippen molar-refractivity contribution in [3.05, 3.63) is 0 Å². The zero-order valence-electron chi connectivity index (χ0n) is 7.41. The van der Waals surface area contributed by atoms with Gasteiger partial charge in [0.15, 0.2) is 0 Å². The molecule has 0 aromatic heterocycles. The van der Waals surface area contributed by atoms with Crippen molar-refractivity contribution in [3.63, 3.8) is 0 Å². The molecule has 8 heteroatoms. The van der Waals surface area contributed by atoms with Crippen LogP contribution in [0.3, 0.4) is 0 Å². The quantitative estimate of drug-likeness (QED) is 0.531. The van der Waals surface area contributed by atoms with Crippen molar-refractivity contribution in [3.8, 4) is 0 Å². The van der Waals surface area contributed by atoms with E-state index in [0.717, 1.165) is 5.25 Å². The largest absolute Gasteiger partial charge is 0.522 e. The summed E-state index contributed by atoms with van der Waals surface area (Å²) in [6.07, 6.45) is 2.90. The molecule has 3 nitrogen and oxygen atoms in total. The summed E-state index contributed by atoms with van der Waals surface area (Å²) in [7, 11) is -5.84. The first kappa shape index (κ1) is 14.1. The van der Waals surface area contributed by atoms with Crippen LogP contribution in [0.15, 0.2) is 0 Å². The molecule has 1 rings (SSSR count). The van der Waals surface area contributed by atoms with Crippen LogP contribution in [0.5, 0.6) is 0 Å². The first-order valence-corrected chi connectivity index (χ1v) is 6.29. The molecule has 0 aromatic rings. The highest BCUT2D eigenvalue weighted by atomic mass is 32.2. The fourth-order valence-electron chi connectivity index (χ4n) is 0.739. The smallest absolute Gasteiger partial charge is 0.279 e.